The van der Waals surface area contributed by atoms with Gasteiger partial charge in [0.05, 0.1) is 5.69 Å². The Hall–Kier alpha value is -1.94. The van der Waals surface area contributed by atoms with Gasteiger partial charge in [0, 0.05) is 28.4 Å². The summed E-state index contributed by atoms with van der Waals surface area (Å²) in [7, 11) is 0. The normalized spacial score (nSPS) is 13.9. The number of thioether (sulfide) groups is 1. The van der Waals surface area contributed by atoms with Gasteiger partial charge in [-0.1, -0.05) is 25.1 Å². The molecule has 3 rings (SSSR count). The number of carbonyl (C=O) groups is 1. The standard InChI is InChI=1S/C17H18N2OS/c1-2-12-5-3-4-6-14(12)17(20)19-9-10-21-16-8-7-13(18)11-15(16)19/h3-8,11H,2,9-10,18H2,1H3. The fourth-order valence-electron chi connectivity index (χ4n) is 2.63. The third-order valence-electron chi connectivity index (χ3n) is 3.72. The van der Waals surface area contributed by atoms with Crippen LogP contribution in [0.15, 0.2) is 47.4 Å². The van der Waals surface area contributed by atoms with Crippen molar-refractivity contribution in [2.24, 2.45) is 0 Å². The van der Waals surface area contributed by atoms with Crippen LogP contribution in [0.25, 0.3) is 0 Å². The first-order chi connectivity index (χ1) is 10.2. The van der Waals surface area contributed by atoms with Crippen LogP contribution in [0.3, 0.4) is 0 Å². The van der Waals surface area contributed by atoms with Crippen LogP contribution in [-0.2, 0) is 6.42 Å². The summed E-state index contributed by atoms with van der Waals surface area (Å²) in [6, 6.07) is 13.6. The highest BCUT2D eigenvalue weighted by atomic mass is 32.2. The minimum atomic E-state index is 0.0691. The van der Waals surface area contributed by atoms with Crippen molar-refractivity contribution in [2.45, 2.75) is 18.2 Å². The molecule has 3 nitrogen and oxygen atoms in total. The van der Waals surface area contributed by atoms with Gasteiger partial charge < -0.3 is 10.6 Å². The lowest BCUT2D eigenvalue weighted by Crippen LogP contribution is -2.36. The zero-order valence-electron chi connectivity index (χ0n) is 12.0. The van der Waals surface area contributed by atoms with E-state index in [2.05, 4.69) is 6.92 Å². The number of nitrogens with zero attached hydrogens (tertiary/aromatic N) is 1. The molecule has 4 heteroatoms. The monoisotopic (exact) mass is 298 g/mol. The number of nitrogen functional groups attached to an aromatic ring is 1. The van der Waals surface area contributed by atoms with Crippen molar-refractivity contribution >= 4 is 29.0 Å². The molecule has 0 unspecified atom stereocenters. The SMILES string of the molecule is CCc1ccccc1C(=O)N1CCSc2ccc(N)cc21. The maximum atomic E-state index is 12.9. The lowest BCUT2D eigenvalue weighted by atomic mass is 10.0. The molecular formula is C17H18N2OS. The molecule has 0 spiro atoms. The number of carbonyl (C=O) groups excluding carboxylic acids is 1. The largest absolute Gasteiger partial charge is 0.399 e. The van der Waals surface area contributed by atoms with Crippen LogP contribution >= 0.6 is 11.8 Å². The fourth-order valence-corrected chi connectivity index (χ4v) is 3.60. The molecule has 2 aromatic carbocycles. The van der Waals surface area contributed by atoms with Crippen LogP contribution in [0.1, 0.15) is 22.8 Å². The van der Waals surface area contributed by atoms with E-state index in [1.807, 2.05) is 47.4 Å². The number of nitrogens with two attached hydrogens (primary N) is 1. The Morgan fingerprint density at radius 1 is 1.29 bits per heavy atom. The van der Waals surface area contributed by atoms with Gasteiger partial charge in [0.1, 0.15) is 0 Å². The Morgan fingerprint density at radius 2 is 2.10 bits per heavy atom. The molecule has 0 fully saturated rings. The molecule has 1 aliphatic rings. The predicted octanol–water partition coefficient (Wildman–Crippen LogP) is 3.58. The van der Waals surface area contributed by atoms with E-state index in [9.17, 15) is 4.79 Å². The molecule has 0 bridgehead atoms. The minimum Gasteiger partial charge on any atom is -0.399 e. The third kappa shape index (κ3) is 2.63. The van der Waals surface area contributed by atoms with Crippen LogP contribution in [0.4, 0.5) is 11.4 Å². The van der Waals surface area contributed by atoms with Gasteiger partial charge in [-0.05, 0) is 36.2 Å². The number of anilines is 2. The van der Waals surface area contributed by atoms with Crippen LogP contribution < -0.4 is 10.6 Å². The number of rotatable bonds is 2. The Balaban J connectivity index is 2.02. The average molecular weight is 298 g/mol. The van der Waals surface area contributed by atoms with Crippen molar-refractivity contribution in [2.75, 3.05) is 22.9 Å². The van der Waals surface area contributed by atoms with Gasteiger partial charge in [-0.3, -0.25) is 4.79 Å². The number of benzene rings is 2. The van der Waals surface area contributed by atoms with E-state index < -0.39 is 0 Å². The molecule has 0 atom stereocenters. The summed E-state index contributed by atoms with van der Waals surface area (Å²) < 4.78 is 0. The maximum absolute atomic E-state index is 12.9. The topological polar surface area (TPSA) is 46.3 Å². The Labute approximate surface area is 129 Å². The summed E-state index contributed by atoms with van der Waals surface area (Å²) in [4.78, 5) is 15.9. The van der Waals surface area contributed by atoms with Crippen molar-refractivity contribution < 1.29 is 4.79 Å². The smallest absolute Gasteiger partial charge is 0.258 e. The molecule has 108 valence electrons. The molecule has 2 aromatic rings. The molecule has 1 heterocycles. The molecule has 0 saturated carbocycles. The summed E-state index contributed by atoms with van der Waals surface area (Å²) in [6.07, 6.45) is 0.855. The lowest BCUT2D eigenvalue weighted by Gasteiger charge is -2.30. The van der Waals surface area contributed by atoms with Gasteiger partial charge in [-0.15, -0.1) is 11.8 Å². The second-order valence-corrected chi connectivity index (χ2v) is 6.18. The van der Waals surface area contributed by atoms with E-state index in [4.69, 9.17) is 5.73 Å². The highest BCUT2D eigenvalue weighted by Gasteiger charge is 2.25. The first kappa shape index (κ1) is 14.0. The summed E-state index contributed by atoms with van der Waals surface area (Å²) in [5, 5.41) is 0. The lowest BCUT2D eigenvalue weighted by molar-refractivity contribution is 0.0987. The molecule has 1 amide bonds. The molecular weight excluding hydrogens is 280 g/mol. The first-order valence-corrected chi connectivity index (χ1v) is 8.11. The van der Waals surface area contributed by atoms with E-state index in [1.54, 1.807) is 11.8 Å². The fraction of sp³-hybridized carbons (Fsp3) is 0.235. The van der Waals surface area contributed by atoms with Crippen molar-refractivity contribution in [3.05, 3.63) is 53.6 Å². The van der Waals surface area contributed by atoms with Gasteiger partial charge in [0.2, 0.25) is 0 Å². The first-order valence-electron chi connectivity index (χ1n) is 7.13. The molecule has 1 aliphatic heterocycles. The second-order valence-electron chi connectivity index (χ2n) is 5.04. The van der Waals surface area contributed by atoms with E-state index in [0.717, 1.165) is 40.4 Å². The van der Waals surface area contributed by atoms with E-state index in [-0.39, 0.29) is 5.91 Å². The molecule has 0 saturated heterocycles. The molecule has 0 aliphatic carbocycles. The van der Waals surface area contributed by atoms with Gasteiger partial charge in [-0.2, -0.15) is 0 Å². The maximum Gasteiger partial charge on any atom is 0.258 e. The van der Waals surface area contributed by atoms with Gasteiger partial charge in [-0.25, -0.2) is 0 Å². The average Bonchev–Trinajstić information content (AvgIpc) is 2.53. The zero-order valence-corrected chi connectivity index (χ0v) is 12.8. The summed E-state index contributed by atoms with van der Waals surface area (Å²) in [5.41, 5.74) is 9.40. The quantitative estimate of drug-likeness (QED) is 0.862. The highest BCUT2D eigenvalue weighted by Crippen LogP contribution is 2.37. The predicted molar refractivity (Wildman–Crippen MR) is 89.1 cm³/mol. The van der Waals surface area contributed by atoms with Crippen LogP contribution in [0, 0.1) is 0 Å². The Bertz CT molecular complexity index is 684. The van der Waals surface area contributed by atoms with Gasteiger partial charge >= 0.3 is 0 Å². The number of aryl methyl sites for hydroxylation is 1. The third-order valence-corrected chi connectivity index (χ3v) is 4.76. The number of fused-ring (bicyclic) bond motifs is 1. The van der Waals surface area contributed by atoms with Crippen molar-refractivity contribution in [3.8, 4) is 0 Å². The number of hydrogen-bond acceptors (Lipinski definition) is 3. The highest BCUT2D eigenvalue weighted by molar-refractivity contribution is 7.99. The summed E-state index contributed by atoms with van der Waals surface area (Å²) in [6.45, 7) is 2.79. The van der Waals surface area contributed by atoms with E-state index in [1.165, 1.54) is 0 Å². The van der Waals surface area contributed by atoms with E-state index >= 15 is 0 Å². The van der Waals surface area contributed by atoms with Crippen molar-refractivity contribution in [3.63, 3.8) is 0 Å². The van der Waals surface area contributed by atoms with Crippen molar-refractivity contribution in [1.82, 2.24) is 0 Å². The minimum absolute atomic E-state index is 0.0691. The van der Waals surface area contributed by atoms with Crippen molar-refractivity contribution in [1.29, 1.82) is 0 Å². The van der Waals surface area contributed by atoms with Crippen LogP contribution in [-0.4, -0.2) is 18.2 Å². The van der Waals surface area contributed by atoms with Crippen LogP contribution in [0.2, 0.25) is 0 Å². The molecule has 0 radical (unpaired) electrons. The zero-order chi connectivity index (χ0) is 14.8. The number of amides is 1. The summed E-state index contributed by atoms with van der Waals surface area (Å²) in [5.74, 6) is 0.983. The second kappa shape index (κ2) is 5.82. The van der Waals surface area contributed by atoms with E-state index in [0.29, 0.717) is 5.69 Å². The van der Waals surface area contributed by atoms with Gasteiger partial charge in [0.25, 0.3) is 5.91 Å². The Morgan fingerprint density at radius 3 is 2.90 bits per heavy atom. The number of hydrogen-bond donors (Lipinski definition) is 1. The van der Waals surface area contributed by atoms with Crippen LogP contribution in [0.5, 0.6) is 0 Å². The Kier molecular flexibility index (Phi) is 3.88. The molecule has 21 heavy (non-hydrogen) atoms. The molecule has 2 N–H and O–H groups in total. The summed E-state index contributed by atoms with van der Waals surface area (Å²) >= 11 is 1.77. The van der Waals surface area contributed by atoms with Gasteiger partial charge in [0.15, 0.2) is 0 Å². The molecule has 0 aromatic heterocycles.